The maximum Gasteiger partial charge on any atom is 0.327 e. The molecular weight excluding hydrogens is 226 g/mol. The number of carbonyl (C=O) groups is 3. The molecule has 17 heavy (non-hydrogen) atoms. The van der Waals surface area contributed by atoms with Gasteiger partial charge in [-0.2, -0.15) is 0 Å². The second kappa shape index (κ2) is 8.16. The van der Waals surface area contributed by atoms with Crippen molar-refractivity contribution in [3.05, 3.63) is 0 Å². The average molecular weight is 241 g/mol. The van der Waals surface area contributed by atoms with Crippen LogP contribution in [0.5, 0.6) is 0 Å². The quantitative estimate of drug-likeness (QED) is 0.480. The fraction of sp³-hybridized carbons (Fsp3) is 0.545. The maximum atomic E-state index is 11.3. The standard InChI is InChI=1S/C11H15NO5/c1-3-5-8(11(15)16)12-9(13)6-7-10(14)17-4-2/h1,8H,4-7H2,2H3,(H,12,13)(H,15,16). The second-order valence-electron chi connectivity index (χ2n) is 3.17. The summed E-state index contributed by atoms with van der Waals surface area (Å²) in [5.41, 5.74) is 0. The van der Waals surface area contributed by atoms with Gasteiger partial charge in [0.25, 0.3) is 0 Å². The highest BCUT2D eigenvalue weighted by Crippen LogP contribution is 1.96. The molecule has 0 spiro atoms. The summed E-state index contributed by atoms with van der Waals surface area (Å²) < 4.78 is 4.62. The summed E-state index contributed by atoms with van der Waals surface area (Å²) in [5, 5.41) is 10.9. The molecule has 0 bridgehead atoms. The normalized spacial score (nSPS) is 11.1. The molecule has 0 aliphatic rings. The van der Waals surface area contributed by atoms with E-state index in [1.165, 1.54) is 0 Å². The van der Waals surface area contributed by atoms with Gasteiger partial charge in [0.05, 0.1) is 13.0 Å². The Kier molecular flexibility index (Phi) is 7.19. The molecule has 0 rings (SSSR count). The Morgan fingerprint density at radius 1 is 1.41 bits per heavy atom. The molecule has 0 aromatic heterocycles. The van der Waals surface area contributed by atoms with Crippen molar-refractivity contribution in [2.24, 2.45) is 0 Å². The van der Waals surface area contributed by atoms with Crippen molar-refractivity contribution in [3.63, 3.8) is 0 Å². The lowest BCUT2D eigenvalue weighted by Crippen LogP contribution is -2.40. The number of esters is 1. The van der Waals surface area contributed by atoms with Crippen LogP contribution >= 0.6 is 0 Å². The highest BCUT2D eigenvalue weighted by Gasteiger charge is 2.19. The van der Waals surface area contributed by atoms with E-state index in [4.69, 9.17) is 11.5 Å². The van der Waals surface area contributed by atoms with Crippen LogP contribution in [0.3, 0.4) is 0 Å². The third kappa shape index (κ3) is 6.95. The van der Waals surface area contributed by atoms with Gasteiger partial charge in [0.1, 0.15) is 6.04 Å². The van der Waals surface area contributed by atoms with Gasteiger partial charge in [-0.3, -0.25) is 9.59 Å². The molecule has 1 amide bonds. The monoisotopic (exact) mass is 241 g/mol. The Morgan fingerprint density at radius 3 is 2.53 bits per heavy atom. The molecule has 0 saturated heterocycles. The Bertz CT molecular complexity index is 331. The number of hydrogen-bond donors (Lipinski definition) is 2. The molecule has 1 unspecified atom stereocenters. The fourth-order valence-electron chi connectivity index (χ4n) is 1.03. The molecule has 6 heteroatoms. The van der Waals surface area contributed by atoms with Crippen molar-refractivity contribution in [1.29, 1.82) is 0 Å². The van der Waals surface area contributed by atoms with Gasteiger partial charge in [-0.25, -0.2) is 4.79 Å². The second-order valence-corrected chi connectivity index (χ2v) is 3.17. The van der Waals surface area contributed by atoms with E-state index in [1.807, 2.05) is 0 Å². The molecular formula is C11H15NO5. The number of carbonyl (C=O) groups excluding carboxylic acids is 2. The summed E-state index contributed by atoms with van der Waals surface area (Å²) in [6.07, 6.45) is 4.67. The molecule has 0 radical (unpaired) electrons. The number of carboxylic acid groups (broad SMARTS) is 1. The largest absolute Gasteiger partial charge is 0.480 e. The van der Waals surface area contributed by atoms with Crippen molar-refractivity contribution in [3.8, 4) is 12.3 Å². The summed E-state index contributed by atoms with van der Waals surface area (Å²) >= 11 is 0. The number of hydrogen-bond acceptors (Lipinski definition) is 4. The van der Waals surface area contributed by atoms with Crippen LogP contribution in [0.15, 0.2) is 0 Å². The molecule has 0 heterocycles. The number of carboxylic acids is 1. The van der Waals surface area contributed by atoms with Crippen LogP contribution in [0.2, 0.25) is 0 Å². The average Bonchev–Trinajstić information content (AvgIpc) is 2.26. The topological polar surface area (TPSA) is 92.7 Å². The zero-order valence-corrected chi connectivity index (χ0v) is 9.56. The van der Waals surface area contributed by atoms with Crippen molar-refractivity contribution < 1.29 is 24.2 Å². The highest BCUT2D eigenvalue weighted by atomic mass is 16.5. The number of terminal acetylenes is 1. The van der Waals surface area contributed by atoms with E-state index in [-0.39, 0.29) is 25.9 Å². The summed E-state index contributed by atoms with van der Waals surface area (Å²) in [6.45, 7) is 1.90. The Balaban J connectivity index is 4.03. The minimum atomic E-state index is -1.20. The molecule has 0 aliphatic heterocycles. The molecule has 6 nitrogen and oxygen atoms in total. The molecule has 0 aromatic rings. The van der Waals surface area contributed by atoms with E-state index in [1.54, 1.807) is 6.92 Å². The van der Waals surface area contributed by atoms with E-state index in [9.17, 15) is 14.4 Å². The maximum absolute atomic E-state index is 11.3. The zero-order chi connectivity index (χ0) is 13.3. The van der Waals surface area contributed by atoms with Gasteiger partial charge in [0.2, 0.25) is 5.91 Å². The molecule has 0 aromatic carbocycles. The van der Waals surface area contributed by atoms with Gasteiger partial charge in [-0.1, -0.05) is 0 Å². The van der Waals surface area contributed by atoms with Crippen molar-refractivity contribution in [1.82, 2.24) is 5.32 Å². The van der Waals surface area contributed by atoms with E-state index in [0.717, 1.165) is 0 Å². The van der Waals surface area contributed by atoms with E-state index in [0.29, 0.717) is 0 Å². The zero-order valence-electron chi connectivity index (χ0n) is 9.56. The lowest BCUT2D eigenvalue weighted by molar-refractivity contribution is -0.144. The van der Waals surface area contributed by atoms with Crippen LogP contribution in [0.1, 0.15) is 26.2 Å². The first kappa shape index (κ1) is 15.0. The van der Waals surface area contributed by atoms with Crippen LogP contribution in [0.4, 0.5) is 0 Å². The number of aliphatic carboxylic acids is 1. The van der Waals surface area contributed by atoms with Crippen LogP contribution in [-0.4, -0.2) is 35.6 Å². The molecule has 0 aliphatic carbocycles. The van der Waals surface area contributed by atoms with Gasteiger partial charge in [-0.05, 0) is 6.92 Å². The number of rotatable bonds is 7. The van der Waals surface area contributed by atoms with Crippen molar-refractivity contribution >= 4 is 17.8 Å². The predicted molar refractivity (Wildman–Crippen MR) is 58.9 cm³/mol. The van der Waals surface area contributed by atoms with Crippen LogP contribution in [-0.2, 0) is 19.1 Å². The first-order valence-electron chi connectivity index (χ1n) is 5.12. The predicted octanol–water partition coefficient (Wildman–Crippen LogP) is -0.0776. The fourth-order valence-corrected chi connectivity index (χ4v) is 1.03. The number of amides is 1. The number of nitrogens with one attached hydrogen (secondary N) is 1. The van der Waals surface area contributed by atoms with Crippen molar-refractivity contribution in [2.45, 2.75) is 32.2 Å². The molecule has 2 N–H and O–H groups in total. The highest BCUT2D eigenvalue weighted by molar-refractivity contribution is 5.85. The molecule has 0 fully saturated rings. The van der Waals surface area contributed by atoms with E-state index < -0.39 is 23.9 Å². The first-order valence-corrected chi connectivity index (χ1v) is 5.12. The van der Waals surface area contributed by atoms with Crippen LogP contribution < -0.4 is 5.32 Å². The van der Waals surface area contributed by atoms with Crippen LogP contribution in [0, 0.1) is 12.3 Å². The summed E-state index contributed by atoms with van der Waals surface area (Å²) in [4.78, 5) is 32.9. The minimum Gasteiger partial charge on any atom is -0.480 e. The Labute approximate surface area is 99.3 Å². The molecule has 0 saturated carbocycles. The van der Waals surface area contributed by atoms with E-state index >= 15 is 0 Å². The van der Waals surface area contributed by atoms with Gasteiger partial charge < -0.3 is 15.2 Å². The van der Waals surface area contributed by atoms with Crippen LogP contribution in [0.25, 0.3) is 0 Å². The smallest absolute Gasteiger partial charge is 0.327 e. The lowest BCUT2D eigenvalue weighted by Gasteiger charge is -2.11. The summed E-state index contributed by atoms with van der Waals surface area (Å²) in [7, 11) is 0. The van der Waals surface area contributed by atoms with Gasteiger partial charge in [0.15, 0.2) is 0 Å². The molecule has 94 valence electrons. The third-order valence-corrected chi connectivity index (χ3v) is 1.82. The minimum absolute atomic E-state index is 0.0813. The SMILES string of the molecule is C#CCC(NC(=O)CCC(=O)OCC)C(=O)O. The number of ether oxygens (including phenoxy) is 1. The van der Waals surface area contributed by atoms with Gasteiger partial charge in [0, 0.05) is 12.8 Å². The van der Waals surface area contributed by atoms with E-state index in [2.05, 4.69) is 16.0 Å². The summed E-state index contributed by atoms with van der Waals surface area (Å²) in [6, 6.07) is -1.12. The first-order chi connectivity index (χ1) is 8.01. The van der Waals surface area contributed by atoms with Gasteiger partial charge >= 0.3 is 11.9 Å². The van der Waals surface area contributed by atoms with Gasteiger partial charge in [-0.15, -0.1) is 12.3 Å². The Morgan fingerprint density at radius 2 is 2.06 bits per heavy atom. The summed E-state index contributed by atoms with van der Waals surface area (Å²) in [5.74, 6) is -0.0840. The molecule has 1 atom stereocenters. The third-order valence-electron chi connectivity index (χ3n) is 1.82. The lowest BCUT2D eigenvalue weighted by atomic mass is 10.2. The van der Waals surface area contributed by atoms with Crippen molar-refractivity contribution in [2.75, 3.05) is 6.61 Å². The Hall–Kier alpha value is -2.03.